The number of pyridine rings is 1. The summed E-state index contributed by atoms with van der Waals surface area (Å²) in [5.41, 5.74) is 3.17. The number of hydrogen-bond donors (Lipinski definition) is 1. The molecule has 1 N–H and O–H groups in total. The molecule has 0 aromatic carbocycles. The lowest BCUT2D eigenvalue weighted by atomic mass is 10.3. The molecule has 2 aromatic heterocycles. The predicted octanol–water partition coefficient (Wildman–Crippen LogP) is 2.08. The lowest BCUT2D eigenvalue weighted by molar-refractivity contribution is -0.143. The molecule has 5 heteroatoms. The molecule has 0 fully saturated rings. The second-order valence-corrected chi connectivity index (χ2v) is 4.66. The van der Waals surface area contributed by atoms with Gasteiger partial charge in [-0.1, -0.05) is 6.07 Å². The van der Waals surface area contributed by atoms with Crippen molar-refractivity contribution in [3.8, 4) is 0 Å². The summed E-state index contributed by atoms with van der Waals surface area (Å²) in [6, 6.07) is 5.98. The van der Waals surface area contributed by atoms with E-state index in [2.05, 4.69) is 14.7 Å². The quantitative estimate of drug-likeness (QED) is 0.621. The highest BCUT2D eigenvalue weighted by Gasteiger charge is 2.07. The van der Waals surface area contributed by atoms with Crippen LogP contribution in [0.5, 0.6) is 0 Å². The van der Waals surface area contributed by atoms with Crippen LogP contribution in [0.15, 0.2) is 24.4 Å². The SMILES string of the molecule is CCOC(=O)CCCNCc1c(C)nc2ccccn12. The first-order valence-corrected chi connectivity index (χ1v) is 7.01. The summed E-state index contributed by atoms with van der Waals surface area (Å²) in [7, 11) is 0. The van der Waals surface area contributed by atoms with E-state index in [1.54, 1.807) is 0 Å². The Kier molecular flexibility index (Phi) is 5.12. The van der Waals surface area contributed by atoms with Gasteiger partial charge in [0, 0.05) is 19.2 Å². The molecule has 0 radical (unpaired) electrons. The van der Waals surface area contributed by atoms with Gasteiger partial charge >= 0.3 is 5.97 Å². The molecular formula is C15H21N3O2. The predicted molar refractivity (Wildman–Crippen MR) is 77.5 cm³/mol. The Balaban J connectivity index is 1.81. The van der Waals surface area contributed by atoms with E-state index in [4.69, 9.17) is 4.74 Å². The molecule has 2 aromatic rings. The number of carbonyl (C=O) groups is 1. The van der Waals surface area contributed by atoms with E-state index in [0.29, 0.717) is 13.0 Å². The fourth-order valence-corrected chi connectivity index (χ4v) is 2.17. The molecule has 108 valence electrons. The number of carbonyl (C=O) groups excluding carboxylic acids is 1. The fraction of sp³-hybridized carbons (Fsp3) is 0.467. The van der Waals surface area contributed by atoms with Gasteiger partial charge in [0.05, 0.1) is 18.0 Å². The second kappa shape index (κ2) is 7.05. The molecule has 0 aliphatic heterocycles. The van der Waals surface area contributed by atoms with E-state index in [1.165, 1.54) is 0 Å². The van der Waals surface area contributed by atoms with Gasteiger partial charge in [0.2, 0.25) is 0 Å². The number of nitrogens with zero attached hydrogens (tertiary/aromatic N) is 2. The third-order valence-electron chi connectivity index (χ3n) is 3.16. The zero-order chi connectivity index (χ0) is 14.4. The maximum Gasteiger partial charge on any atom is 0.305 e. The molecule has 0 unspecified atom stereocenters. The molecule has 2 rings (SSSR count). The number of rotatable bonds is 7. The number of ether oxygens (including phenoxy) is 1. The van der Waals surface area contributed by atoms with Gasteiger partial charge in [-0.3, -0.25) is 4.79 Å². The van der Waals surface area contributed by atoms with Crippen LogP contribution in [0.4, 0.5) is 0 Å². The Morgan fingerprint density at radius 1 is 1.45 bits per heavy atom. The van der Waals surface area contributed by atoms with Crippen molar-refractivity contribution in [1.82, 2.24) is 14.7 Å². The lowest BCUT2D eigenvalue weighted by Gasteiger charge is -2.06. The number of aryl methyl sites for hydroxylation is 1. The number of aromatic nitrogens is 2. The molecule has 0 amide bonds. The highest BCUT2D eigenvalue weighted by atomic mass is 16.5. The Labute approximate surface area is 119 Å². The largest absolute Gasteiger partial charge is 0.466 e. The van der Waals surface area contributed by atoms with Gasteiger partial charge in [-0.25, -0.2) is 4.98 Å². The summed E-state index contributed by atoms with van der Waals surface area (Å²) in [5.74, 6) is -0.125. The highest BCUT2D eigenvalue weighted by Crippen LogP contribution is 2.11. The van der Waals surface area contributed by atoms with Gasteiger partial charge in [0.1, 0.15) is 5.65 Å². The van der Waals surface area contributed by atoms with Crippen LogP contribution in [0.1, 0.15) is 31.2 Å². The van der Waals surface area contributed by atoms with Crippen LogP contribution in [0.25, 0.3) is 5.65 Å². The van der Waals surface area contributed by atoms with E-state index < -0.39 is 0 Å². The van der Waals surface area contributed by atoms with Crippen molar-refractivity contribution in [3.05, 3.63) is 35.8 Å². The highest BCUT2D eigenvalue weighted by molar-refractivity contribution is 5.69. The van der Waals surface area contributed by atoms with Crippen LogP contribution < -0.4 is 5.32 Å². The molecule has 0 saturated heterocycles. The Morgan fingerprint density at radius 3 is 3.10 bits per heavy atom. The third kappa shape index (κ3) is 3.57. The van der Waals surface area contributed by atoms with E-state index in [1.807, 2.05) is 38.2 Å². The van der Waals surface area contributed by atoms with E-state index in [9.17, 15) is 4.79 Å². The number of hydrogen-bond acceptors (Lipinski definition) is 4. The zero-order valence-electron chi connectivity index (χ0n) is 12.1. The number of fused-ring (bicyclic) bond motifs is 1. The van der Waals surface area contributed by atoms with Crippen molar-refractivity contribution in [3.63, 3.8) is 0 Å². The van der Waals surface area contributed by atoms with Crippen LogP contribution in [0, 0.1) is 6.92 Å². The van der Waals surface area contributed by atoms with Gasteiger partial charge < -0.3 is 14.5 Å². The minimum atomic E-state index is -0.125. The molecule has 0 aliphatic carbocycles. The topological polar surface area (TPSA) is 55.6 Å². The Hall–Kier alpha value is -1.88. The first-order chi connectivity index (χ1) is 9.72. The smallest absolute Gasteiger partial charge is 0.305 e. The molecule has 20 heavy (non-hydrogen) atoms. The summed E-state index contributed by atoms with van der Waals surface area (Å²) < 4.78 is 6.98. The molecule has 5 nitrogen and oxygen atoms in total. The fourth-order valence-electron chi connectivity index (χ4n) is 2.17. The first kappa shape index (κ1) is 14.5. The summed E-state index contributed by atoms with van der Waals surface area (Å²) in [5, 5.41) is 3.35. The van der Waals surface area contributed by atoms with E-state index in [-0.39, 0.29) is 5.97 Å². The monoisotopic (exact) mass is 275 g/mol. The molecular weight excluding hydrogens is 254 g/mol. The van der Waals surface area contributed by atoms with Crippen molar-refractivity contribution in [2.24, 2.45) is 0 Å². The first-order valence-electron chi connectivity index (χ1n) is 7.01. The maximum atomic E-state index is 11.2. The third-order valence-corrected chi connectivity index (χ3v) is 3.16. The maximum absolute atomic E-state index is 11.2. The summed E-state index contributed by atoms with van der Waals surface area (Å²) in [4.78, 5) is 15.7. The second-order valence-electron chi connectivity index (χ2n) is 4.66. The number of esters is 1. The van der Waals surface area contributed by atoms with E-state index in [0.717, 1.165) is 36.5 Å². The number of nitrogens with one attached hydrogen (secondary N) is 1. The minimum absolute atomic E-state index is 0.125. The molecule has 0 saturated carbocycles. The van der Waals surface area contributed by atoms with Crippen LogP contribution >= 0.6 is 0 Å². The minimum Gasteiger partial charge on any atom is -0.466 e. The Morgan fingerprint density at radius 2 is 2.30 bits per heavy atom. The zero-order valence-corrected chi connectivity index (χ0v) is 12.1. The van der Waals surface area contributed by atoms with Gasteiger partial charge in [0.15, 0.2) is 0 Å². The van der Waals surface area contributed by atoms with Gasteiger partial charge in [0.25, 0.3) is 0 Å². The summed E-state index contributed by atoms with van der Waals surface area (Å²) in [6.45, 7) is 5.83. The number of imidazole rings is 1. The average Bonchev–Trinajstić information content (AvgIpc) is 2.75. The van der Waals surface area contributed by atoms with Crippen molar-refractivity contribution in [2.75, 3.05) is 13.2 Å². The molecule has 0 aliphatic rings. The standard InChI is InChI=1S/C15H21N3O2/c1-3-20-15(19)8-6-9-16-11-13-12(2)17-14-7-4-5-10-18(13)14/h4-5,7,10,16H,3,6,8-9,11H2,1-2H3. The van der Waals surface area contributed by atoms with Crippen LogP contribution in [0.2, 0.25) is 0 Å². The van der Waals surface area contributed by atoms with Crippen molar-refractivity contribution >= 4 is 11.6 Å². The summed E-state index contributed by atoms with van der Waals surface area (Å²) >= 11 is 0. The molecule has 0 bridgehead atoms. The van der Waals surface area contributed by atoms with Crippen molar-refractivity contribution in [2.45, 2.75) is 33.2 Å². The average molecular weight is 275 g/mol. The van der Waals surface area contributed by atoms with Crippen LogP contribution in [-0.4, -0.2) is 28.5 Å². The van der Waals surface area contributed by atoms with Gasteiger partial charge in [-0.05, 0) is 38.9 Å². The molecule has 0 atom stereocenters. The van der Waals surface area contributed by atoms with E-state index >= 15 is 0 Å². The van der Waals surface area contributed by atoms with Gasteiger partial charge in [-0.15, -0.1) is 0 Å². The van der Waals surface area contributed by atoms with Crippen LogP contribution in [0.3, 0.4) is 0 Å². The summed E-state index contributed by atoms with van der Waals surface area (Å²) in [6.07, 6.45) is 3.27. The van der Waals surface area contributed by atoms with Gasteiger partial charge in [-0.2, -0.15) is 0 Å². The normalized spacial score (nSPS) is 10.9. The van der Waals surface area contributed by atoms with Crippen LogP contribution in [-0.2, 0) is 16.1 Å². The molecule has 0 spiro atoms. The Bertz CT molecular complexity index is 578. The lowest BCUT2D eigenvalue weighted by Crippen LogP contribution is -2.18. The molecule has 2 heterocycles. The van der Waals surface area contributed by atoms with Crippen molar-refractivity contribution in [1.29, 1.82) is 0 Å². The van der Waals surface area contributed by atoms with Crippen molar-refractivity contribution < 1.29 is 9.53 Å².